The van der Waals surface area contributed by atoms with E-state index in [1.807, 2.05) is 10.9 Å². The predicted octanol–water partition coefficient (Wildman–Crippen LogP) is 2.75. The summed E-state index contributed by atoms with van der Waals surface area (Å²) in [5.74, 6) is 2.65. The van der Waals surface area contributed by atoms with Crippen molar-refractivity contribution in [3.63, 3.8) is 0 Å². The molecule has 8 nitrogen and oxygen atoms in total. The van der Waals surface area contributed by atoms with E-state index >= 15 is 0 Å². The molecule has 3 fully saturated rings. The van der Waals surface area contributed by atoms with Gasteiger partial charge in [0.25, 0.3) is 0 Å². The van der Waals surface area contributed by atoms with Gasteiger partial charge in [0.15, 0.2) is 0 Å². The monoisotopic (exact) mass is 418 g/mol. The van der Waals surface area contributed by atoms with Crippen molar-refractivity contribution >= 4 is 17.5 Å². The number of nitrogens with zero attached hydrogens (tertiary/aromatic N) is 6. The van der Waals surface area contributed by atoms with Gasteiger partial charge in [-0.15, -0.1) is 5.10 Å². The molecule has 0 amide bonds. The molecule has 0 radical (unpaired) electrons. The normalized spacial score (nSPS) is 29.2. The minimum absolute atomic E-state index is 0.167. The molecule has 29 heavy (non-hydrogen) atoms. The lowest BCUT2D eigenvalue weighted by Crippen LogP contribution is -2.38. The average molecular weight is 419 g/mol. The Kier molecular flexibility index (Phi) is 5.41. The quantitative estimate of drug-likeness (QED) is 0.684. The van der Waals surface area contributed by atoms with Crippen LogP contribution < -0.4 is 4.90 Å². The van der Waals surface area contributed by atoms with Crippen molar-refractivity contribution in [2.24, 2.45) is 17.8 Å². The number of hydrogen-bond acceptors (Lipinski definition) is 7. The summed E-state index contributed by atoms with van der Waals surface area (Å²) in [4.78, 5) is 11.1. The molecule has 0 unspecified atom stereocenters. The maximum Gasteiger partial charge on any atom is 0.225 e. The molecular formula is C20H27ClN6O2. The van der Waals surface area contributed by atoms with Crippen LogP contribution in [0.2, 0.25) is 5.02 Å². The van der Waals surface area contributed by atoms with Crippen LogP contribution in [-0.4, -0.2) is 57.9 Å². The van der Waals surface area contributed by atoms with E-state index in [1.165, 1.54) is 12.8 Å². The van der Waals surface area contributed by atoms with Crippen LogP contribution in [0.1, 0.15) is 37.4 Å². The third-order valence-electron chi connectivity index (χ3n) is 6.41. The third kappa shape index (κ3) is 4.25. The average Bonchev–Trinajstić information content (AvgIpc) is 3.28. The maximum absolute atomic E-state index is 6.42. The van der Waals surface area contributed by atoms with Gasteiger partial charge in [0.2, 0.25) is 5.95 Å². The molecule has 3 aliphatic rings. The van der Waals surface area contributed by atoms with Crippen molar-refractivity contribution in [1.29, 1.82) is 0 Å². The molecule has 4 atom stereocenters. The zero-order valence-corrected chi connectivity index (χ0v) is 17.4. The smallest absolute Gasteiger partial charge is 0.225 e. The molecule has 5 rings (SSSR count). The molecule has 156 valence electrons. The first-order valence-electron chi connectivity index (χ1n) is 10.4. The first-order valence-corrected chi connectivity index (χ1v) is 10.8. The molecule has 2 saturated carbocycles. The maximum atomic E-state index is 6.42. The number of methoxy groups -OCH3 is 1. The zero-order valence-electron chi connectivity index (χ0n) is 16.7. The summed E-state index contributed by atoms with van der Waals surface area (Å²) < 4.78 is 13.6. The summed E-state index contributed by atoms with van der Waals surface area (Å²) in [5, 5.41) is 9.24. The molecule has 2 aromatic rings. The van der Waals surface area contributed by atoms with Crippen LogP contribution in [-0.2, 0) is 16.1 Å². The Labute approximate surface area is 175 Å². The molecule has 0 spiro atoms. The van der Waals surface area contributed by atoms with Crippen molar-refractivity contribution < 1.29 is 9.47 Å². The van der Waals surface area contributed by atoms with Gasteiger partial charge >= 0.3 is 0 Å². The molecule has 2 aliphatic carbocycles. The van der Waals surface area contributed by atoms with Crippen molar-refractivity contribution in [2.75, 3.05) is 31.7 Å². The summed E-state index contributed by atoms with van der Waals surface area (Å²) in [6, 6.07) is 0.208. The lowest BCUT2D eigenvalue weighted by atomic mass is 9.77. The molecule has 0 N–H and O–H groups in total. The van der Waals surface area contributed by atoms with Crippen molar-refractivity contribution in [3.8, 4) is 0 Å². The lowest BCUT2D eigenvalue weighted by molar-refractivity contribution is -0.0375. The Morgan fingerprint density at radius 3 is 2.62 bits per heavy atom. The highest BCUT2D eigenvalue weighted by atomic mass is 35.5. The predicted molar refractivity (Wildman–Crippen MR) is 108 cm³/mol. The van der Waals surface area contributed by atoms with E-state index in [2.05, 4.69) is 25.2 Å². The van der Waals surface area contributed by atoms with E-state index in [4.69, 9.17) is 21.1 Å². The molecule has 2 aromatic heterocycles. The van der Waals surface area contributed by atoms with Gasteiger partial charge in [-0.3, -0.25) is 0 Å². The van der Waals surface area contributed by atoms with Gasteiger partial charge in [0.1, 0.15) is 5.69 Å². The van der Waals surface area contributed by atoms with Crippen molar-refractivity contribution in [1.82, 2.24) is 25.0 Å². The van der Waals surface area contributed by atoms with Crippen LogP contribution in [0.4, 0.5) is 5.95 Å². The van der Waals surface area contributed by atoms with Crippen LogP contribution in [0.3, 0.4) is 0 Å². The second-order valence-electron chi connectivity index (χ2n) is 8.60. The van der Waals surface area contributed by atoms with Gasteiger partial charge in [0, 0.05) is 26.8 Å². The van der Waals surface area contributed by atoms with Gasteiger partial charge in [-0.2, -0.15) is 0 Å². The summed E-state index contributed by atoms with van der Waals surface area (Å²) in [7, 11) is 1.68. The second-order valence-corrected chi connectivity index (χ2v) is 9.04. The molecular weight excluding hydrogens is 392 g/mol. The van der Waals surface area contributed by atoms with E-state index in [0.717, 1.165) is 50.1 Å². The third-order valence-corrected chi connectivity index (χ3v) is 6.60. The van der Waals surface area contributed by atoms with Crippen LogP contribution in [0.15, 0.2) is 18.6 Å². The fourth-order valence-corrected chi connectivity index (χ4v) is 4.81. The van der Waals surface area contributed by atoms with E-state index in [-0.39, 0.29) is 12.1 Å². The van der Waals surface area contributed by atoms with Gasteiger partial charge in [-0.25, -0.2) is 14.6 Å². The Morgan fingerprint density at radius 2 is 1.90 bits per heavy atom. The lowest BCUT2D eigenvalue weighted by Gasteiger charge is -2.37. The highest BCUT2D eigenvalue weighted by Crippen LogP contribution is 2.43. The number of hydrogen-bond donors (Lipinski definition) is 0. The highest BCUT2D eigenvalue weighted by molar-refractivity contribution is 6.30. The van der Waals surface area contributed by atoms with Crippen molar-refractivity contribution in [2.45, 2.75) is 44.4 Å². The Morgan fingerprint density at radius 1 is 1.14 bits per heavy atom. The molecule has 1 saturated heterocycles. The van der Waals surface area contributed by atoms with Crippen LogP contribution in [0.25, 0.3) is 0 Å². The van der Waals surface area contributed by atoms with Crippen LogP contribution in [0, 0.1) is 17.8 Å². The molecule has 1 aliphatic heterocycles. The summed E-state index contributed by atoms with van der Waals surface area (Å²) in [5.41, 5.74) is 0.859. The summed E-state index contributed by atoms with van der Waals surface area (Å²) in [6.07, 6.45) is 10.2. The number of fused-ring (bicyclic) bond motifs is 1. The minimum Gasteiger partial charge on any atom is -0.378 e. The SMILES string of the molecule is COCc1cn([C@@H]2C[C@@H]3CN(c4ncc(Cl)cn4)C[C@@H]3C[C@H]2OCC2CC2)nn1. The number of ether oxygens (including phenoxy) is 2. The molecule has 3 heterocycles. The Balaban J connectivity index is 1.32. The standard InChI is InChI=1S/C20H27ClN6O2/c1-28-12-17-10-27(25-24-17)18-4-14-8-26(20-22-6-16(21)7-23-20)9-15(14)5-19(18)29-11-13-2-3-13/h6-7,10,13-15,18-19H,2-5,8-9,11-12H2,1H3/t14-,15+,18-,19-/m1/s1. The molecule has 0 bridgehead atoms. The summed E-state index contributed by atoms with van der Waals surface area (Å²) in [6.45, 7) is 3.27. The molecule has 9 heteroatoms. The largest absolute Gasteiger partial charge is 0.378 e. The Bertz CT molecular complexity index is 827. The van der Waals surface area contributed by atoms with Crippen LogP contribution >= 0.6 is 11.6 Å². The second kappa shape index (κ2) is 8.16. The first kappa shape index (κ1) is 19.2. The molecule has 0 aromatic carbocycles. The van der Waals surface area contributed by atoms with Gasteiger partial charge in [-0.05, 0) is 43.4 Å². The number of aromatic nitrogens is 5. The fraction of sp³-hybridized carbons (Fsp3) is 0.700. The number of halogens is 1. The number of rotatable bonds is 7. The fourth-order valence-electron chi connectivity index (χ4n) is 4.71. The first-order chi connectivity index (χ1) is 14.2. The highest BCUT2D eigenvalue weighted by Gasteiger charge is 2.44. The van der Waals surface area contributed by atoms with Gasteiger partial charge < -0.3 is 14.4 Å². The van der Waals surface area contributed by atoms with E-state index < -0.39 is 0 Å². The zero-order chi connectivity index (χ0) is 19.8. The number of anilines is 1. The minimum atomic E-state index is 0.167. The topological polar surface area (TPSA) is 78.2 Å². The Hall–Kier alpha value is -1.77. The van der Waals surface area contributed by atoms with Gasteiger partial charge in [0.05, 0.1) is 42.4 Å². The van der Waals surface area contributed by atoms with Gasteiger partial charge in [-0.1, -0.05) is 16.8 Å². The van der Waals surface area contributed by atoms with Crippen molar-refractivity contribution in [3.05, 3.63) is 29.3 Å². The summed E-state index contributed by atoms with van der Waals surface area (Å²) >= 11 is 5.95. The van der Waals surface area contributed by atoms with E-state index in [1.54, 1.807) is 19.5 Å². The van der Waals surface area contributed by atoms with E-state index in [0.29, 0.717) is 23.5 Å². The van der Waals surface area contributed by atoms with Crippen LogP contribution in [0.5, 0.6) is 0 Å². The van der Waals surface area contributed by atoms with E-state index in [9.17, 15) is 0 Å².